The van der Waals surface area contributed by atoms with Crippen LogP contribution in [-0.2, 0) is 9.59 Å². The predicted molar refractivity (Wildman–Crippen MR) is 118 cm³/mol. The van der Waals surface area contributed by atoms with Gasteiger partial charge in [0.15, 0.2) is 11.6 Å². The summed E-state index contributed by atoms with van der Waals surface area (Å²) in [5.74, 6) is -2.60. The molecule has 0 saturated carbocycles. The van der Waals surface area contributed by atoms with Gasteiger partial charge in [0.25, 0.3) is 11.8 Å². The number of hydrogen-bond donors (Lipinski definition) is 1. The first kappa shape index (κ1) is 21.2. The zero-order chi connectivity index (χ0) is 23.0. The zero-order valence-corrected chi connectivity index (χ0v) is 17.7. The van der Waals surface area contributed by atoms with E-state index in [9.17, 15) is 18.4 Å². The smallest absolute Gasteiger partial charge is 0.282 e. The van der Waals surface area contributed by atoms with Gasteiger partial charge in [0.1, 0.15) is 11.4 Å². The molecule has 5 nitrogen and oxygen atoms in total. The Bertz CT molecular complexity index is 1270. The molecule has 32 heavy (non-hydrogen) atoms. The highest BCUT2D eigenvalue weighted by Gasteiger charge is 2.40. The monoisotopic (exact) mass is 434 g/mol. The molecule has 0 bridgehead atoms. The molecule has 3 aromatic carbocycles. The Hall–Kier alpha value is -4.00. The molecule has 2 amide bonds. The number of carbonyl (C=O) groups is 2. The van der Waals surface area contributed by atoms with Crippen LogP contribution in [-0.4, -0.2) is 18.9 Å². The summed E-state index contributed by atoms with van der Waals surface area (Å²) in [4.78, 5) is 27.9. The Kier molecular flexibility index (Phi) is 5.48. The van der Waals surface area contributed by atoms with Crippen molar-refractivity contribution in [3.8, 4) is 5.75 Å². The lowest BCUT2D eigenvalue weighted by atomic mass is 9.97. The first-order valence-corrected chi connectivity index (χ1v) is 9.87. The van der Waals surface area contributed by atoms with E-state index < -0.39 is 23.4 Å². The van der Waals surface area contributed by atoms with E-state index in [1.54, 1.807) is 30.3 Å². The number of aryl methyl sites for hydroxylation is 2. The number of halogens is 2. The largest absolute Gasteiger partial charge is 0.497 e. The average molecular weight is 434 g/mol. The molecule has 0 unspecified atom stereocenters. The topological polar surface area (TPSA) is 58.6 Å². The van der Waals surface area contributed by atoms with Gasteiger partial charge in [0.05, 0.1) is 18.4 Å². The second-order valence-corrected chi connectivity index (χ2v) is 7.47. The summed E-state index contributed by atoms with van der Waals surface area (Å²) >= 11 is 0. The lowest BCUT2D eigenvalue weighted by Crippen LogP contribution is -2.32. The Labute approximate surface area is 183 Å². The highest BCUT2D eigenvalue weighted by molar-refractivity contribution is 6.46. The summed E-state index contributed by atoms with van der Waals surface area (Å²) in [5.41, 5.74) is 3.06. The molecular formula is C25H20F2N2O3. The van der Waals surface area contributed by atoms with E-state index >= 15 is 0 Å². The molecule has 1 aliphatic heterocycles. The predicted octanol–water partition coefficient (Wildman–Crippen LogP) is 4.99. The van der Waals surface area contributed by atoms with Crippen molar-refractivity contribution in [2.24, 2.45) is 0 Å². The van der Waals surface area contributed by atoms with Gasteiger partial charge in [-0.15, -0.1) is 0 Å². The molecule has 3 aromatic rings. The minimum Gasteiger partial charge on any atom is -0.497 e. The molecule has 0 aromatic heterocycles. The maximum Gasteiger partial charge on any atom is 0.282 e. The van der Waals surface area contributed by atoms with Crippen LogP contribution in [0.4, 0.5) is 20.2 Å². The molecule has 0 spiro atoms. The number of ether oxygens (including phenoxy) is 1. The van der Waals surface area contributed by atoms with E-state index in [0.717, 1.165) is 28.2 Å². The lowest BCUT2D eigenvalue weighted by molar-refractivity contribution is -0.120. The number of rotatable bonds is 5. The maximum absolute atomic E-state index is 13.8. The molecule has 0 saturated heterocycles. The first-order valence-electron chi connectivity index (χ1n) is 9.87. The Morgan fingerprint density at radius 1 is 0.844 bits per heavy atom. The van der Waals surface area contributed by atoms with Gasteiger partial charge in [-0.2, -0.15) is 0 Å². The number of imide groups is 1. The summed E-state index contributed by atoms with van der Waals surface area (Å²) < 4.78 is 32.3. The van der Waals surface area contributed by atoms with E-state index in [1.165, 1.54) is 13.2 Å². The molecule has 0 aliphatic carbocycles. The summed E-state index contributed by atoms with van der Waals surface area (Å²) in [6, 6.07) is 15.2. The van der Waals surface area contributed by atoms with Crippen molar-refractivity contribution in [3.63, 3.8) is 0 Å². The molecular weight excluding hydrogens is 414 g/mol. The second-order valence-electron chi connectivity index (χ2n) is 7.47. The van der Waals surface area contributed by atoms with Crippen molar-refractivity contribution in [1.82, 2.24) is 0 Å². The minimum atomic E-state index is -1.06. The summed E-state index contributed by atoms with van der Waals surface area (Å²) in [6.45, 7) is 3.77. The number of nitrogens with one attached hydrogen (secondary N) is 1. The molecule has 1 N–H and O–H groups in total. The first-order chi connectivity index (χ1) is 15.3. The lowest BCUT2D eigenvalue weighted by Gasteiger charge is -2.16. The molecule has 0 atom stereocenters. The number of hydrogen-bond acceptors (Lipinski definition) is 4. The third-order valence-electron chi connectivity index (χ3n) is 5.25. The maximum atomic E-state index is 13.8. The summed E-state index contributed by atoms with van der Waals surface area (Å²) in [5, 5.41) is 2.84. The van der Waals surface area contributed by atoms with Gasteiger partial charge in [-0.05, 0) is 61.4 Å². The van der Waals surface area contributed by atoms with Gasteiger partial charge >= 0.3 is 0 Å². The van der Waals surface area contributed by atoms with Crippen LogP contribution >= 0.6 is 0 Å². The second kappa shape index (κ2) is 8.26. The number of benzene rings is 3. The normalized spacial score (nSPS) is 13.7. The van der Waals surface area contributed by atoms with E-state index in [1.807, 2.05) is 26.0 Å². The van der Waals surface area contributed by atoms with E-state index in [4.69, 9.17) is 4.74 Å². The van der Waals surface area contributed by atoms with Gasteiger partial charge in [0, 0.05) is 11.8 Å². The van der Waals surface area contributed by atoms with Gasteiger partial charge in [-0.25, -0.2) is 13.7 Å². The van der Waals surface area contributed by atoms with Crippen LogP contribution in [0.15, 0.2) is 66.4 Å². The quantitative estimate of drug-likeness (QED) is 0.575. The average Bonchev–Trinajstić information content (AvgIpc) is 3.00. The third-order valence-corrected chi connectivity index (χ3v) is 5.25. The number of anilines is 2. The van der Waals surface area contributed by atoms with Gasteiger partial charge in [0.2, 0.25) is 0 Å². The van der Waals surface area contributed by atoms with Crippen LogP contribution in [0.3, 0.4) is 0 Å². The Morgan fingerprint density at radius 3 is 2.19 bits per heavy atom. The van der Waals surface area contributed by atoms with E-state index in [0.29, 0.717) is 17.0 Å². The van der Waals surface area contributed by atoms with Crippen LogP contribution in [0.2, 0.25) is 0 Å². The molecule has 162 valence electrons. The van der Waals surface area contributed by atoms with Crippen molar-refractivity contribution < 1.29 is 23.1 Å². The molecule has 1 heterocycles. The third kappa shape index (κ3) is 3.73. The van der Waals surface area contributed by atoms with Crippen molar-refractivity contribution in [2.75, 3.05) is 17.3 Å². The number of methoxy groups -OCH3 is 1. The van der Waals surface area contributed by atoms with E-state index in [2.05, 4.69) is 5.32 Å². The zero-order valence-electron chi connectivity index (χ0n) is 17.7. The fourth-order valence-electron chi connectivity index (χ4n) is 3.67. The standard InChI is InChI=1S/C25H20F2N2O3/c1-14-4-10-19(15(2)12-14)22-23(28-16-5-11-20(26)21(27)13-16)25(31)29(24(22)30)17-6-8-18(32-3)9-7-17/h4-13,28H,1-3H3. The molecule has 1 aliphatic rings. The Morgan fingerprint density at radius 2 is 1.56 bits per heavy atom. The van der Waals surface area contributed by atoms with Gasteiger partial charge in [-0.1, -0.05) is 23.8 Å². The van der Waals surface area contributed by atoms with E-state index in [-0.39, 0.29) is 17.0 Å². The SMILES string of the molecule is COc1ccc(N2C(=O)C(Nc3ccc(F)c(F)c3)=C(c3ccc(C)cc3C)C2=O)cc1. The molecule has 0 radical (unpaired) electrons. The van der Waals surface area contributed by atoms with Gasteiger partial charge in [-0.3, -0.25) is 9.59 Å². The number of amides is 2. The number of nitrogens with zero attached hydrogens (tertiary/aromatic N) is 1. The molecule has 0 fully saturated rings. The Balaban J connectivity index is 1.83. The van der Waals surface area contributed by atoms with Gasteiger partial charge < -0.3 is 10.1 Å². The molecule has 4 rings (SSSR count). The van der Waals surface area contributed by atoms with Crippen molar-refractivity contribution in [2.45, 2.75) is 13.8 Å². The fourth-order valence-corrected chi connectivity index (χ4v) is 3.67. The van der Waals surface area contributed by atoms with Crippen LogP contribution < -0.4 is 15.0 Å². The van der Waals surface area contributed by atoms with Crippen LogP contribution in [0, 0.1) is 25.5 Å². The summed E-state index contributed by atoms with van der Waals surface area (Å²) in [7, 11) is 1.52. The summed E-state index contributed by atoms with van der Waals surface area (Å²) in [6.07, 6.45) is 0. The van der Waals surface area contributed by atoms with Crippen molar-refractivity contribution in [3.05, 3.63) is 94.7 Å². The van der Waals surface area contributed by atoms with Crippen molar-refractivity contribution >= 4 is 28.8 Å². The molecule has 7 heteroatoms. The number of carbonyl (C=O) groups excluding carboxylic acids is 2. The minimum absolute atomic E-state index is 0.0104. The van der Waals surface area contributed by atoms with Crippen molar-refractivity contribution in [1.29, 1.82) is 0 Å². The fraction of sp³-hybridized carbons (Fsp3) is 0.120. The van der Waals surface area contributed by atoms with Crippen LogP contribution in [0.5, 0.6) is 5.75 Å². The highest BCUT2D eigenvalue weighted by atomic mass is 19.2. The van der Waals surface area contributed by atoms with Crippen LogP contribution in [0.25, 0.3) is 5.57 Å². The highest BCUT2D eigenvalue weighted by Crippen LogP contribution is 2.35. The van der Waals surface area contributed by atoms with Crippen LogP contribution in [0.1, 0.15) is 16.7 Å².